The summed E-state index contributed by atoms with van der Waals surface area (Å²) in [7, 11) is 0. The Kier molecular flexibility index (Phi) is 4.35. The van der Waals surface area contributed by atoms with Crippen LogP contribution in [0.1, 0.15) is 21.5 Å². The Labute approximate surface area is 131 Å². The molecule has 23 heavy (non-hydrogen) atoms. The van der Waals surface area contributed by atoms with Crippen LogP contribution in [0.25, 0.3) is 0 Å². The van der Waals surface area contributed by atoms with Gasteiger partial charge in [0.15, 0.2) is 0 Å². The average molecular weight is 315 g/mol. The maximum absolute atomic E-state index is 12.2. The quantitative estimate of drug-likeness (QED) is 0.686. The zero-order chi connectivity index (χ0) is 17.1. The molecule has 0 radical (unpaired) electrons. The third kappa shape index (κ3) is 3.31. The van der Waals surface area contributed by atoms with E-state index < -0.39 is 15.8 Å². The topological polar surface area (TPSA) is 115 Å². The average Bonchev–Trinajstić information content (AvgIpc) is 2.51. The number of hydrogen-bond acceptors (Lipinski definition) is 5. The van der Waals surface area contributed by atoms with E-state index in [1.54, 1.807) is 19.9 Å². The number of amides is 1. The van der Waals surface area contributed by atoms with Gasteiger partial charge in [0.25, 0.3) is 17.3 Å². The van der Waals surface area contributed by atoms with Crippen LogP contribution >= 0.6 is 0 Å². The normalized spacial score (nSPS) is 10.2. The minimum Gasteiger partial charge on any atom is -0.316 e. The summed E-state index contributed by atoms with van der Waals surface area (Å²) in [5.74, 6) is -0.573. The van der Waals surface area contributed by atoms with Crippen molar-refractivity contribution in [3.05, 3.63) is 73.3 Å². The molecule has 118 valence electrons. The number of rotatable bonds is 4. The Balaban J connectivity index is 2.35. The lowest BCUT2D eigenvalue weighted by molar-refractivity contribution is -0.384. The van der Waals surface area contributed by atoms with Gasteiger partial charge in [-0.05, 0) is 37.1 Å². The number of nitrogens with zero attached hydrogens (tertiary/aromatic N) is 2. The molecule has 8 heteroatoms. The highest BCUT2D eigenvalue weighted by atomic mass is 16.6. The lowest BCUT2D eigenvalue weighted by Crippen LogP contribution is -2.14. The highest BCUT2D eigenvalue weighted by Gasteiger charge is 2.20. The number of aryl methyl sites for hydroxylation is 1. The van der Waals surface area contributed by atoms with Gasteiger partial charge in [0.2, 0.25) is 0 Å². The fourth-order valence-electron chi connectivity index (χ4n) is 2.03. The molecule has 0 fully saturated rings. The van der Waals surface area contributed by atoms with E-state index in [0.717, 1.165) is 5.56 Å². The van der Waals surface area contributed by atoms with Crippen LogP contribution in [0.5, 0.6) is 0 Å². The molecule has 2 rings (SSSR count). The zero-order valence-electron chi connectivity index (χ0n) is 12.4. The second-order valence-electron chi connectivity index (χ2n) is 4.92. The van der Waals surface area contributed by atoms with Crippen LogP contribution in [0.15, 0.2) is 36.4 Å². The number of anilines is 1. The fraction of sp³-hybridized carbons (Fsp3) is 0.133. The van der Waals surface area contributed by atoms with E-state index in [1.807, 2.05) is 0 Å². The number of nitro groups is 2. The Hall–Kier alpha value is -3.29. The van der Waals surface area contributed by atoms with E-state index in [2.05, 4.69) is 5.32 Å². The molecule has 1 N–H and O–H groups in total. The first-order valence-electron chi connectivity index (χ1n) is 6.61. The molecular weight excluding hydrogens is 302 g/mol. The van der Waals surface area contributed by atoms with E-state index in [0.29, 0.717) is 5.56 Å². The van der Waals surface area contributed by atoms with Crippen molar-refractivity contribution in [3.8, 4) is 0 Å². The van der Waals surface area contributed by atoms with Crippen LogP contribution in [0.4, 0.5) is 17.1 Å². The molecular formula is C15H13N3O5. The molecule has 0 saturated carbocycles. The summed E-state index contributed by atoms with van der Waals surface area (Å²) in [6.45, 7) is 3.45. The van der Waals surface area contributed by atoms with Gasteiger partial charge >= 0.3 is 0 Å². The summed E-state index contributed by atoms with van der Waals surface area (Å²) in [6, 6.07) is 7.93. The Bertz CT molecular complexity index is 800. The smallest absolute Gasteiger partial charge is 0.293 e. The number of benzene rings is 2. The van der Waals surface area contributed by atoms with Crippen LogP contribution in [0, 0.1) is 34.1 Å². The highest BCUT2D eigenvalue weighted by Crippen LogP contribution is 2.30. The molecule has 8 nitrogen and oxygen atoms in total. The second-order valence-corrected chi connectivity index (χ2v) is 4.92. The van der Waals surface area contributed by atoms with Crippen molar-refractivity contribution in [1.82, 2.24) is 0 Å². The molecule has 2 aromatic rings. The molecule has 0 aromatic heterocycles. The Morgan fingerprint density at radius 2 is 1.57 bits per heavy atom. The molecule has 0 unspecified atom stereocenters. The van der Waals surface area contributed by atoms with Gasteiger partial charge in [-0.1, -0.05) is 6.07 Å². The third-order valence-electron chi connectivity index (χ3n) is 3.49. The molecule has 0 aliphatic carbocycles. The van der Waals surface area contributed by atoms with Crippen LogP contribution in [-0.2, 0) is 0 Å². The number of nitrogens with one attached hydrogen (secondary N) is 1. The monoisotopic (exact) mass is 315 g/mol. The van der Waals surface area contributed by atoms with E-state index in [-0.39, 0.29) is 22.6 Å². The zero-order valence-corrected chi connectivity index (χ0v) is 12.4. The van der Waals surface area contributed by atoms with Crippen LogP contribution in [0.2, 0.25) is 0 Å². The molecule has 0 spiro atoms. The van der Waals surface area contributed by atoms with Gasteiger partial charge in [0.05, 0.1) is 9.85 Å². The predicted octanol–water partition coefficient (Wildman–Crippen LogP) is 3.37. The molecule has 0 bridgehead atoms. The number of carbonyl (C=O) groups is 1. The first kappa shape index (κ1) is 16.1. The van der Waals surface area contributed by atoms with Gasteiger partial charge in [-0.25, -0.2) is 0 Å². The van der Waals surface area contributed by atoms with Gasteiger partial charge < -0.3 is 5.32 Å². The maximum Gasteiger partial charge on any atom is 0.293 e. The molecule has 0 saturated heterocycles. The van der Waals surface area contributed by atoms with Crippen molar-refractivity contribution in [2.45, 2.75) is 13.8 Å². The summed E-state index contributed by atoms with van der Waals surface area (Å²) in [6.07, 6.45) is 0. The Morgan fingerprint density at radius 3 is 2.09 bits per heavy atom. The van der Waals surface area contributed by atoms with E-state index in [1.165, 1.54) is 30.3 Å². The van der Waals surface area contributed by atoms with Crippen LogP contribution < -0.4 is 5.32 Å². The van der Waals surface area contributed by atoms with E-state index >= 15 is 0 Å². The highest BCUT2D eigenvalue weighted by molar-refractivity contribution is 6.06. The summed E-state index contributed by atoms with van der Waals surface area (Å²) in [4.78, 5) is 32.8. The lowest BCUT2D eigenvalue weighted by atomic mass is 10.1. The van der Waals surface area contributed by atoms with Gasteiger partial charge in [-0.15, -0.1) is 0 Å². The Morgan fingerprint density at radius 1 is 0.957 bits per heavy atom. The van der Waals surface area contributed by atoms with E-state index in [9.17, 15) is 25.0 Å². The summed E-state index contributed by atoms with van der Waals surface area (Å²) in [5, 5.41) is 24.2. The second kappa shape index (κ2) is 6.22. The number of carbonyl (C=O) groups excluding carboxylic acids is 1. The minimum absolute atomic E-state index is 0.123. The van der Waals surface area contributed by atoms with Crippen molar-refractivity contribution >= 4 is 23.0 Å². The minimum atomic E-state index is -0.573. The largest absolute Gasteiger partial charge is 0.316 e. The van der Waals surface area contributed by atoms with E-state index in [4.69, 9.17) is 0 Å². The molecule has 2 aromatic carbocycles. The van der Waals surface area contributed by atoms with Gasteiger partial charge in [0.1, 0.15) is 5.69 Å². The molecule has 0 aliphatic rings. The lowest BCUT2D eigenvalue weighted by Gasteiger charge is -2.11. The van der Waals surface area contributed by atoms with Crippen molar-refractivity contribution in [1.29, 1.82) is 0 Å². The van der Waals surface area contributed by atoms with Gasteiger partial charge in [-0.3, -0.25) is 25.0 Å². The first-order chi connectivity index (χ1) is 10.8. The number of hydrogen-bond donors (Lipinski definition) is 1. The summed E-state index contributed by atoms with van der Waals surface area (Å²) >= 11 is 0. The van der Waals surface area contributed by atoms with Crippen LogP contribution in [-0.4, -0.2) is 15.8 Å². The fourth-order valence-corrected chi connectivity index (χ4v) is 2.03. The van der Waals surface area contributed by atoms with Crippen molar-refractivity contribution in [2.24, 2.45) is 0 Å². The van der Waals surface area contributed by atoms with Gasteiger partial charge in [-0.2, -0.15) is 0 Å². The predicted molar refractivity (Wildman–Crippen MR) is 83.6 cm³/mol. The van der Waals surface area contributed by atoms with Crippen molar-refractivity contribution < 1.29 is 14.6 Å². The van der Waals surface area contributed by atoms with Crippen molar-refractivity contribution in [3.63, 3.8) is 0 Å². The standard InChI is InChI=1S/C15H13N3O5/c1-9-3-8-13(18(22)23)14(10(9)2)16-15(19)11-4-6-12(7-5-11)17(20)21/h3-8H,1-2H3,(H,16,19). The first-order valence-corrected chi connectivity index (χ1v) is 6.61. The third-order valence-corrected chi connectivity index (χ3v) is 3.49. The molecule has 0 heterocycles. The maximum atomic E-state index is 12.2. The van der Waals surface area contributed by atoms with Gasteiger partial charge in [0, 0.05) is 23.8 Å². The molecule has 1 amide bonds. The number of nitro benzene ring substituents is 2. The molecule has 0 aliphatic heterocycles. The van der Waals surface area contributed by atoms with Crippen molar-refractivity contribution in [2.75, 3.05) is 5.32 Å². The SMILES string of the molecule is Cc1ccc([N+](=O)[O-])c(NC(=O)c2ccc([N+](=O)[O-])cc2)c1C. The summed E-state index contributed by atoms with van der Waals surface area (Å²) < 4.78 is 0. The van der Waals surface area contributed by atoms with Crippen LogP contribution in [0.3, 0.4) is 0 Å². The number of non-ortho nitro benzene ring substituents is 1. The molecule has 0 atom stereocenters. The summed E-state index contributed by atoms with van der Waals surface area (Å²) in [5.41, 5.74) is 1.34.